The maximum Gasteiger partial charge on any atom is 0.406 e. The minimum atomic E-state index is -4.42. The predicted molar refractivity (Wildman–Crippen MR) is 138 cm³/mol. The lowest BCUT2D eigenvalue weighted by molar-refractivity contribution is -0.139. The van der Waals surface area contributed by atoms with Gasteiger partial charge in [-0.1, -0.05) is 27.7 Å². The largest absolute Gasteiger partial charge is 0.467 e. The molecule has 6 nitrogen and oxygen atoms in total. The fourth-order valence-electron chi connectivity index (χ4n) is 5.13. The van der Waals surface area contributed by atoms with Crippen LogP contribution >= 0.6 is 0 Å². The van der Waals surface area contributed by atoms with E-state index >= 15 is 0 Å². The number of morpholine rings is 1. The predicted octanol–water partition coefficient (Wildman–Crippen LogP) is 5.97. The smallest absolute Gasteiger partial charge is 0.406 e. The van der Waals surface area contributed by atoms with Gasteiger partial charge >= 0.3 is 6.18 Å². The van der Waals surface area contributed by atoms with Crippen LogP contribution in [0.1, 0.15) is 44.9 Å². The summed E-state index contributed by atoms with van der Waals surface area (Å²) < 4.78 is 53.9. The van der Waals surface area contributed by atoms with Gasteiger partial charge in [-0.2, -0.15) is 13.2 Å². The Bertz CT molecular complexity index is 1240. The summed E-state index contributed by atoms with van der Waals surface area (Å²) in [6, 6.07) is 9.29. The third kappa shape index (κ3) is 6.09. The molecule has 0 spiro atoms. The van der Waals surface area contributed by atoms with Crippen LogP contribution < -0.4 is 4.90 Å². The van der Waals surface area contributed by atoms with Crippen molar-refractivity contribution in [3.05, 3.63) is 47.8 Å². The maximum atomic E-state index is 14.0. The highest BCUT2D eigenvalue weighted by molar-refractivity contribution is 5.94. The Kier molecular flexibility index (Phi) is 7.83. The Morgan fingerprint density at radius 1 is 1.16 bits per heavy atom. The molecule has 9 heteroatoms. The summed E-state index contributed by atoms with van der Waals surface area (Å²) in [6.45, 7) is 9.96. The van der Waals surface area contributed by atoms with Crippen molar-refractivity contribution in [2.75, 3.05) is 37.8 Å². The van der Waals surface area contributed by atoms with Crippen molar-refractivity contribution in [2.24, 2.45) is 5.41 Å². The molecule has 0 amide bonds. The van der Waals surface area contributed by atoms with Crippen LogP contribution in [0.3, 0.4) is 0 Å². The van der Waals surface area contributed by atoms with Crippen molar-refractivity contribution in [3.63, 3.8) is 0 Å². The van der Waals surface area contributed by atoms with Gasteiger partial charge in [0.15, 0.2) is 0 Å². The second kappa shape index (κ2) is 10.7. The monoisotopic (exact) mass is 517 g/mol. The molecule has 0 N–H and O–H groups in total. The number of aromatic nitrogens is 2. The molecule has 0 saturated carbocycles. The van der Waals surface area contributed by atoms with Crippen molar-refractivity contribution < 1.29 is 27.4 Å². The van der Waals surface area contributed by atoms with Gasteiger partial charge < -0.3 is 18.9 Å². The first-order chi connectivity index (χ1) is 17.5. The van der Waals surface area contributed by atoms with Crippen LogP contribution in [0.5, 0.6) is 0 Å². The zero-order chi connectivity index (χ0) is 26.8. The van der Waals surface area contributed by atoms with Crippen LogP contribution in [-0.4, -0.2) is 55.1 Å². The molecule has 1 aliphatic rings. The summed E-state index contributed by atoms with van der Waals surface area (Å²) in [5.41, 5.74) is 3.70. The molecule has 0 atom stereocenters. The normalized spacial score (nSPS) is 15.0. The fraction of sp³-hybridized carbons (Fsp3) is 0.500. The number of hydrogen-bond acceptors (Lipinski definition) is 5. The molecule has 0 aliphatic carbocycles. The zero-order valence-corrected chi connectivity index (χ0v) is 21.8. The number of hydrogen-bond donors (Lipinski definition) is 0. The topological polar surface area (TPSA) is 56.6 Å². The third-order valence-electron chi connectivity index (χ3n) is 6.70. The number of carbonyl (C=O) groups excluding carboxylic acids is 1. The summed E-state index contributed by atoms with van der Waals surface area (Å²) in [4.78, 5) is 17.7. The molecule has 0 bridgehead atoms. The first-order valence-corrected chi connectivity index (χ1v) is 12.6. The molecule has 2 aromatic heterocycles. The number of nitrogens with zero attached hydrogens (tertiary/aromatic N) is 3. The number of halogens is 3. The number of carbonyl (C=O) groups is 1. The van der Waals surface area contributed by atoms with Gasteiger partial charge in [-0.15, -0.1) is 0 Å². The Morgan fingerprint density at radius 3 is 2.54 bits per heavy atom. The number of fused-ring (bicyclic) bond motifs is 1. The van der Waals surface area contributed by atoms with E-state index in [1.54, 1.807) is 18.3 Å². The highest BCUT2D eigenvalue weighted by Gasteiger charge is 2.34. The summed E-state index contributed by atoms with van der Waals surface area (Å²) in [5, 5.41) is 0.765. The molecular formula is C28H34F3N3O3. The van der Waals surface area contributed by atoms with Crippen LogP contribution in [-0.2, 0) is 27.2 Å². The number of anilines is 1. The first-order valence-electron chi connectivity index (χ1n) is 12.6. The quantitative estimate of drug-likeness (QED) is 0.328. The molecule has 0 unspecified atom stereocenters. The molecule has 37 heavy (non-hydrogen) atoms. The van der Waals surface area contributed by atoms with Crippen molar-refractivity contribution in [1.82, 2.24) is 9.55 Å². The molecule has 1 saturated heterocycles. The van der Waals surface area contributed by atoms with Crippen LogP contribution in [0.2, 0.25) is 0 Å². The van der Waals surface area contributed by atoms with Gasteiger partial charge in [-0.25, -0.2) is 0 Å². The van der Waals surface area contributed by atoms with Gasteiger partial charge in [0, 0.05) is 46.9 Å². The first kappa shape index (κ1) is 27.0. The van der Waals surface area contributed by atoms with Crippen molar-refractivity contribution in [2.45, 2.75) is 52.8 Å². The van der Waals surface area contributed by atoms with Crippen molar-refractivity contribution >= 4 is 23.1 Å². The second-order valence-corrected chi connectivity index (χ2v) is 10.7. The summed E-state index contributed by atoms with van der Waals surface area (Å²) in [6.07, 6.45) is -2.33. The van der Waals surface area contributed by atoms with E-state index in [9.17, 15) is 18.0 Å². The number of rotatable bonds is 9. The molecule has 1 aromatic carbocycles. The lowest BCUT2D eigenvalue weighted by Crippen LogP contribution is -2.36. The van der Waals surface area contributed by atoms with Crippen molar-refractivity contribution in [3.8, 4) is 11.3 Å². The lowest BCUT2D eigenvalue weighted by Gasteiger charge is -2.29. The van der Waals surface area contributed by atoms with E-state index in [1.807, 2.05) is 45.9 Å². The molecule has 4 rings (SSSR count). The van der Waals surface area contributed by atoms with E-state index in [-0.39, 0.29) is 12.5 Å². The van der Waals surface area contributed by atoms with E-state index in [0.29, 0.717) is 42.9 Å². The minimum absolute atomic E-state index is 0.0108. The molecule has 200 valence electrons. The van der Waals surface area contributed by atoms with E-state index in [0.717, 1.165) is 35.4 Å². The van der Waals surface area contributed by atoms with E-state index in [2.05, 4.69) is 9.88 Å². The van der Waals surface area contributed by atoms with Crippen LogP contribution in [0.25, 0.3) is 22.2 Å². The molecule has 3 heterocycles. The highest BCUT2D eigenvalue weighted by Crippen LogP contribution is 2.42. The molecule has 1 fully saturated rings. The molecule has 1 aliphatic heterocycles. The molecule has 3 aromatic rings. The van der Waals surface area contributed by atoms with Gasteiger partial charge in [-0.05, 0) is 48.2 Å². The number of pyridine rings is 1. The molecule has 0 radical (unpaired) electrons. The zero-order valence-electron chi connectivity index (χ0n) is 21.8. The van der Waals surface area contributed by atoms with Gasteiger partial charge in [-0.3, -0.25) is 9.78 Å². The lowest BCUT2D eigenvalue weighted by atomic mass is 9.84. The maximum absolute atomic E-state index is 14.0. The third-order valence-corrected chi connectivity index (χ3v) is 6.70. The van der Waals surface area contributed by atoms with E-state index in [1.165, 1.54) is 4.57 Å². The minimum Gasteiger partial charge on any atom is -0.467 e. The van der Waals surface area contributed by atoms with E-state index in [4.69, 9.17) is 9.47 Å². The van der Waals surface area contributed by atoms with Gasteiger partial charge in [0.1, 0.15) is 6.54 Å². The standard InChI is InChI=1S/C28H34F3N3O3/c1-19(2)25-21(6-5-9-32-25)26-23(15-27(3,4)17-37-18-35)22-14-20(33-10-12-36-13-11-33)7-8-24(22)34(26)16-28(29,30)31/h5-9,14,18-19H,10-13,15-17H2,1-4H3. The van der Waals surface area contributed by atoms with Gasteiger partial charge in [0.25, 0.3) is 6.47 Å². The fourth-order valence-corrected chi connectivity index (χ4v) is 5.13. The Balaban J connectivity index is 2.02. The number of benzene rings is 1. The highest BCUT2D eigenvalue weighted by atomic mass is 19.4. The summed E-state index contributed by atoms with van der Waals surface area (Å²) >= 11 is 0. The SMILES string of the molecule is CC(C)c1ncccc1-c1c(CC(C)(C)COC=O)c2cc(N3CCOCC3)ccc2n1CC(F)(F)F. The Morgan fingerprint density at radius 2 is 1.89 bits per heavy atom. The second-order valence-electron chi connectivity index (χ2n) is 10.7. The van der Waals surface area contributed by atoms with Crippen LogP contribution in [0.4, 0.5) is 18.9 Å². The Hall–Kier alpha value is -3.07. The average Bonchev–Trinajstić information content (AvgIpc) is 3.13. The number of ether oxygens (including phenoxy) is 2. The van der Waals surface area contributed by atoms with E-state index < -0.39 is 18.1 Å². The molecular weight excluding hydrogens is 483 g/mol. The Labute approximate surface area is 215 Å². The van der Waals surface area contributed by atoms with Crippen molar-refractivity contribution in [1.29, 1.82) is 0 Å². The van der Waals surface area contributed by atoms with Crippen LogP contribution in [0, 0.1) is 5.41 Å². The summed E-state index contributed by atoms with van der Waals surface area (Å²) in [5.74, 6) is 0.0108. The van der Waals surface area contributed by atoms with Crippen LogP contribution in [0.15, 0.2) is 36.5 Å². The average molecular weight is 518 g/mol. The number of alkyl halides is 3. The van der Waals surface area contributed by atoms with Gasteiger partial charge in [0.05, 0.1) is 31.2 Å². The summed E-state index contributed by atoms with van der Waals surface area (Å²) in [7, 11) is 0. The van der Waals surface area contributed by atoms with Gasteiger partial charge in [0.2, 0.25) is 0 Å².